The molecule has 0 saturated carbocycles. The number of rotatable bonds is 5. The second kappa shape index (κ2) is 7.45. The van der Waals surface area contributed by atoms with Crippen LogP contribution in [0.1, 0.15) is 16.1 Å². The van der Waals surface area contributed by atoms with Crippen LogP contribution in [-0.4, -0.2) is 25.4 Å². The van der Waals surface area contributed by atoms with E-state index in [0.29, 0.717) is 16.6 Å². The van der Waals surface area contributed by atoms with Gasteiger partial charge in [0.05, 0.1) is 18.5 Å². The molecule has 0 aliphatic rings. The molecule has 28 heavy (non-hydrogen) atoms. The Morgan fingerprint density at radius 3 is 2.93 bits per heavy atom. The van der Waals surface area contributed by atoms with E-state index in [1.807, 2.05) is 6.07 Å². The topological polar surface area (TPSA) is 123 Å². The highest BCUT2D eigenvalue weighted by Crippen LogP contribution is 2.24. The average Bonchev–Trinajstić information content (AvgIpc) is 3.38. The van der Waals surface area contributed by atoms with Crippen molar-refractivity contribution in [3.63, 3.8) is 0 Å². The van der Waals surface area contributed by atoms with E-state index in [1.165, 1.54) is 17.6 Å². The lowest BCUT2D eigenvalue weighted by molar-refractivity contribution is 0.102. The summed E-state index contributed by atoms with van der Waals surface area (Å²) >= 11 is 1.22. The molecule has 4 rings (SSSR count). The quantitative estimate of drug-likeness (QED) is 0.532. The number of nitrogens with zero attached hydrogens (tertiary/aromatic N) is 3. The number of carbonyl (C=O) groups excluding carboxylic acids is 1. The Labute approximate surface area is 161 Å². The van der Waals surface area contributed by atoms with Crippen molar-refractivity contribution in [2.24, 2.45) is 0 Å². The summed E-state index contributed by atoms with van der Waals surface area (Å²) in [6.07, 6.45) is 5.85. The van der Waals surface area contributed by atoms with E-state index in [1.54, 1.807) is 36.0 Å². The lowest BCUT2D eigenvalue weighted by atomic mass is 10.2. The summed E-state index contributed by atoms with van der Waals surface area (Å²) in [5.74, 6) is -0.243. The normalized spacial score (nSPS) is 10.7. The van der Waals surface area contributed by atoms with Gasteiger partial charge in [-0.05, 0) is 24.3 Å². The summed E-state index contributed by atoms with van der Waals surface area (Å²) in [7, 11) is 0. The van der Waals surface area contributed by atoms with Crippen LogP contribution in [0.2, 0.25) is 0 Å². The van der Waals surface area contributed by atoms with E-state index in [2.05, 4.69) is 20.3 Å². The average molecular weight is 395 g/mol. The number of furan rings is 1. The number of hydrogen-bond donors (Lipinski definition) is 2. The summed E-state index contributed by atoms with van der Waals surface area (Å²) in [5.41, 5.74) is -0.0915. The Balaban J connectivity index is 1.58. The summed E-state index contributed by atoms with van der Waals surface area (Å²) < 4.78 is 6.06. The number of carbonyl (C=O) groups is 1. The molecule has 0 radical (unpaired) electrons. The highest BCUT2D eigenvalue weighted by molar-refractivity contribution is 7.14. The van der Waals surface area contributed by atoms with Gasteiger partial charge < -0.3 is 9.40 Å². The van der Waals surface area contributed by atoms with Crippen molar-refractivity contribution in [2.75, 3.05) is 5.32 Å². The Hall–Kier alpha value is -3.79. The van der Waals surface area contributed by atoms with Crippen molar-refractivity contribution in [1.82, 2.24) is 19.5 Å². The van der Waals surface area contributed by atoms with Gasteiger partial charge in [-0.25, -0.2) is 9.78 Å². The van der Waals surface area contributed by atoms with Crippen molar-refractivity contribution in [3.8, 4) is 11.3 Å². The van der Waals surface area contributed by atoms with Gasteiger partial charge in [-0.1, -0.05) is 0 Å². The summed E-state index contributed by atoms with van der Waals surface area (Å²) in [6, 6.07) is 6.92. The summed E-state index contributed by atoms with van der Waals surface area (Å²) in [5, 5.41) is 4.68. The first-order valence-corrected chi connectivity index (χ1v) is 9.02. The molecule has 140 valence electrons. The van der Waals surface area contributed by atoms with Gasteiger partial charge in [0, 0.05) is 29.5 Å². The van der Waals surface area contributed by atoms with E-state index in [4.69, 9.17) is 4.42 Å². The smallest absolute Gasteiger partial charge is 0.328 e. The molecule has 0 atom stereocenters. The van der Waals surface area contributed by atoms with Crippen molar-refractivity contribution < 1.29 is 9.21 Å². The van der Waals surface area contributed by atoms with Crippen LogP contribution in [0.5, 0.6) is 0 Å². The molecule has 2 N–H and O–H groups in total. The van der Waals surface area contributed by atoms with Crippen LogP contribution in [0, 0.1) is 0 Å². The third-order valence-corrected chi connectivity index (χ3v) is 4.64. The van der Waals surface area contributed by atoms with Gasteiger partial charge in [0.2, 0.25) is 0 Å². The molecule has 0 aliphatic heterocycles. The van der Waals surface area contributed by atoms with Gasteiger partial charge in [0.15, 0.2) is 5.13 Å². The summed E-state index contributed by atoms with van der Waals surface area (Å²) in [6.45, 7) is -0.0787. The third-order valence-electron chi connectivity index (χ3n) is 3.88. The largest absolute Gasteiger partial charge is 0.467 e. The Bertz CT molecular complexity index is 1220. The maximum atomic E-state index is 12.6. The molecule has 10 heteroatoms. The molecule has 0 unspecified atom stereocenters. The molecular weight excluding hydrogens is 382 g/mol. The first-order valence-electron chi connectivity index (χ1n) is 8.14. The second-order valence-electron chi connectivity index (χ2n) is 5.71. The maximum absolute atomic E-state index is 12.6. The first kappa shape index (κ1) is 17.6. The molecule has 0 bridgehead atoms. The molecule has 0 saturated heterocycles. The lowest BCUT2D eigenvalue weighted by Gasteiger charge is -2.05. The van der Waals surface area contributed by atoms with Crippen LogP contribution in [-0.2, 0) is 6.54 Å². The monoisotopic (exact) mass is 395 g/mol. The zero-order chi connectivity index (χ0) is 19.5. The number of H-pyrrole nitrogens is 1. The van der Waals surface area contributed by atoms with Crippen molar-refractivity contribution in [3.05, 3.63) is 86.7 Å². The number of pyridine rings is 1. The van der Waals surface area contributed by atoms with Gasteiger partial charge in [-0.3, -0.25) is 24.5 Å². The summed E-state index contributed by atoms with van der Waals surface area (Å²) in [4.78, 5) is 47.9. The Morgan fingerprint density at radius 2 is 2.18 bits per heavy atom. The molecule has 4 aromatic heterocycles. The van der Waals surface area contributed by atoms with Gasteiger partial charge in [-0.2, -0.15) is 0 Å². The highest BCUT2D eigenvalue weighted by atomic mass is 32.1. The molecule has 1 amide bonds. The number of hydrogen-bond acceptors (Lipinski definition) is 7. The lowest BCUT2D eigenvalue weighted by Crippen LogP contribution is -2.39. The second-order valence-corrected chi connectivity index (χ2v) is 6.57. The predicted octanol–water partition coefficient (Wildman–Crippen LogP) is 1.95. The molecule has 9 nitrogen and oxygen atoms in total. The van der Waals surface area contributed by atoms with Crippen LogP contribution in [0.3, 0.4) is 0 Å². The molecule has 4 heterocycles. The molecule has 0 spiro atoms. The number of nitrogens with one attached hydrogen (secondary N) is 2. The van der Waals surface area contributed by atoms with Gasteiger partial charge in [0.25, 0.3) is 11.5 Å². The van der Waals surface area contributed by atoms with E-state index < -0.39 is 17.2 Å². The molecular formula is C18H13N5O4S. The van der Waals surface area contributed by atoms with E-state index >= 15 is 0 Å². The van der Waals surface area contributed by atoms with Crippen LogP contribution in [0.15, 0.2) is 68.5 Å². The fraction of sp³-hybridized carbons (Fsp3) is 0.0556. The Kier molecular flexibility index (Phi) is 4.68. The minimum atomic E-state index is -0.721. The van der Waals surface area contributed by atoms with Gasteiger partial charge in [0.1, 0.15) is 11.3 Å². The number of anilines is 1. The zero-order valence-corrected chi connectivity index (χ0v) is 15.1. The molecule has 0 aliphatic carbocycles. The number of aromatic nitrogens is 4. The third kappa shape index (κ3) is 3.53. The standard InChI is InChI=1S/C18H13N5O4S/c24-15(22-17-21-14(10-28-17)11-3-1-5-19-7-11)13-8-20-18(26)23(16(13)25)9-12-4-2-6-27-12/h1-8,10H,9H2,(H,20,26)(H,21,22,24). The van der Waals surface area contributed by atoms with Crippen molar-refractivity contribution >= 4 is 22.4 Å². The van der Waals surface area contributed by atoms with Gasteiger partial charge in [-0.15, -0.1) is 11.3 Å². The number of aromatic amines is 1. The van der Waals surface area contributed by atoms with E-state index in [9.17, 15) is 14.4 Å². The van der Waals surface area contributed by atoms with Crippen LogP contribution in [0.25, 0.3) is 11.3 Å². The molecule has 0 fully saturated rings. The van der Waals surface area contributed by atoms with Gasteiger partial charge >= 0.3 is 5.69 Å². The fourth-order valence-corrected chi connectivity index (χ4v) is 3.23. The predicted molar refractivity (Wildman–Crippen MR) is 102 cm³/mol. The minimum absolute atomic E-state index is 0.0787. The van der Waals surface area contributed by atoms with Crippen LogP contribution < -0.4 is 16.6 Å². The van der Waals surface area contributed by atoms with E-state index in [-0.39, 0.29) is 12.1 Å². The van der Waals surface area contributed by atoms with Crippen molar-refractivity contribution in [1.29, 1.82) is 0 Å². The number of amides is 1. The first-order chi connectivity index (χ1) is 13.6. The fourth-order valence-electron chi connectivity index (χ4n) is 2.52. The van der Waals surface area contributed by atoms with Crippen molar-refractivity contribution in [2.45, 2.75) is 6.54 Å². The Morgan fingerprint density at radius 1 is 1.29 bits per heavy atom. The molecule has 0 aromatic carbocycles. The molecule has 4 aromatic rings. The van der Waals surface area contributed by atoms with Crippen LogP contribution in [0.4, 0.5) is 5.13 Å². The number of thiazole rings is 1. The zero-order valence-electron chi connectivity index (χ0n) is 14.3. The van der Waals surface area contributed by atoms with Crippen LogP contribution >= 0.6 is 11.3 Å². The minimum Gasteiger partial charge on any atom is -0.467 e. The SMILES string of the molecule is O=C(Nc1nc(-c2cccnc2)cs1)c1c[nH]c(=O)n(Cc2ccco2)c1=O. The maximum Gasteiger partial charge on any atom is 0.328 e. The highest BCUT2D eigenvalue weighted by Gasteiger charge is 2.17. The van der Waals surface area contributed by atoms with E-state index in [0.717, 1.165) is 16.3 Å².